The normalized spacial score (nSPS) is 17.1. The van der Waals surface area contributed by atoms with Crippen molar-refractivity contribution < 1.29 is 4.74 Å². The Labute approximate surface area is 87.7 Å². The van der Waals surface area contributed by atoms with Gasteiger partial charge in [-0.05, 0) is 45.1 Å². The van der Waals surface area contributed by atoms with E-state index >= 15 is 0 Å². The van der Waals surface area contributed by atoms with Crippen molar-refractivity contribution in [1.82, 2.24) is 5.32 Å². The van der Waals surface area contributed by atoms with E-state index in [-0.39, 0.29) is 5.54 Å². The van der Waals surface area contributed by atoms with Crippen LogP contribution in [0.5, 0.6) is 0 Å². The highest BCUT2D eigenvalue weighted by Gasteiger charge is 2.21. The highest BCUT2D eigenvalue weighted by atomic mass is 16.5. The zero-order chi connectivity index (χ0) is 10.6. The van der Waals surface area contributed by atoms with Gasteiger partial charge in [-0.2, -0.15) is 0 Å². The Balaban J connectivity index is 1.97. The van der Waals surface area contributed by atoms with Crippen molar-refractivity contribution in [3.8, 4) is 0 Å². The zero-order valence-electron chi connectivity index (χ0n) is 9.73. The monoisotopic (exact) mass is 197 g/mol. The number of ether oxygens (including phenoxy) is 1. The Morgan fingerprint density at radius 3 is 2.57 bits per heavy atom. The summed E-state index contributed by atoms with van der Waals surface area (Å²) in [6, 6.07) is 0. The van der Waals surface area contributed by atoms with Gasteiger partial charge in [0.15, 0.2) is 0 Å². The minimum Gasteiger partial charge on any atom is -0.377 e. The summed E-state index contributed by atoms with van der Waals surface area (Å²) in [5.41, 5.74) is 1.31. The van der Waals surface area contributed by atoms with Gasteiger partial charge >= 0.3 is 0 Å². The number of rotatable bonds is 6. The summed E-state index contributed by atoms with van der Waals surface area (Å²) in [4.78, 5) is 0. The molecule has 2 nitrogen and oxygen atoms in total. The molecular weight excluding hydrogens is 174 g/mol. The predicted octanol–water partition coefficient (Wildman–Crippen LogP) is 2.36. The Kier molecular flexibility index (Phi) is 4.14. The minimum atomic E-state index is 0.166. The highest BCUT2D eigenvalue weighted by Crippen LogP contribution is 2.28. The van der Waals surface area contributed by atoms with E-state index in [2.05, 4.69) is 32.7 Å². The molecule has 82 valence electrons. The zero-order valence-corrected chi connectivity index (χ0v) is 9.73. The lowest BCUT2D eigenvalue weighted by molar-refractivity contribution is 0.143. The molecule has 1 aliphatic carbocycles. The van der Waals surface area contributed by atoms with Crippen molar-refractivity contribution in [3.63, 3.8) is 0 Å². The van der Waals surface area contributed by atoms with Crippen LogP contribution in [0.15, 0.2) is 12.2 Å². The third-order valence-corrected chi connectivity index (χ3v) is 2.23. The fourth-order valence-electron chi connectivity index (χ4n) is 1.10. The molecule has 0 aromatic rings. The van der Waals surface area contributed by atoms with Crippen molar-refractivity contribution in [1.29, 1.82) is 0 Å². The molecule has 0 atom stereocenters. The third kappa shape index (κ3) is 6.17. The van der Waals surface area contributed by atoms with Crippen molar-refractivity contribution in [2.24, 2.45) is 5.92 Å². The lowest BCUT2D eigenvalue weighted by atomic mass is 10.1. The summed E-state index contributed by atoms with van der Waals surface area (Å²) in [6.45, 7) is 13.0. The minimum absolute atomic E-state index is 0.166. The van der Waals surface area contributed by atoms with Gasteiger partial charge < -0.3 is 10.1 Å². The van der Waals surface area contributed by atoms with Crippen LogP contribution in [-0.4, -0.2) is 25.3 Å². The smallest absolute Gasteiger partial charge is 0.0686 e. The topological polar surface area (TPSA) is 21.3 Å². The fourth-order valence-corrected chi connectivity index (χ4v) is 1.10. The van der Waals surface area contributed by atoms with Gasteiger partial charge in [0.05, 0.1) is 6.61 Å². The first-order valence-corrected chi connectivity index (χ1v) is 5.47. The van der Waals surface area contributed by atoms with Crippen LogP contribution in [0.25, 0.3) is 0 Å². The fraction of sp³-hybridized carbons (Fsp3) is 0.833. The molecule has 0 bridgehead atoms. The molecule has 0 aromatic carbocycles. The van der Waals surface area contributed by atoms with Gasteiger partial charge in [-0.15, -0.1) is 0 Å². The van der Waals surface area contributed by atoms with Gasteiger partial charge in [0.1, 0.15) is 0 Å². The second-order valence-electron chi connectivity index (χ2n) is 5.31. The lowest BCUT2D eigenvalue weighted by Gasteiger charge is -2.21. The second kappa shape index (κ2) is 4.94. The summed E-state index contributed by atoms with van der Waals surface area (Å²) in [5.74, 6) is 0.846. The summed E-state index contributed by atoms with van der Waals surface area (Å²) < 4.78 is 5.55. The van der Waals surface area contributed by atoms with E-state index in [9.17, 15) is 0 Å². The van der Waals surface area contributed by atoms with E-state index < -0.39 is 0 Å². The van der Waals surface area contributed by atoms with E-state index in [1.165, 1.54) is 12.8 Å². The standard InChI is InChI=1S/C12H23NO/c1-10(7-13-12(2,3)4)8-14-9-11-5-6-11/h11,13H,1,5-9H2,2-4H3. The molecule has 0 amide bonds. The SMILES string of the molecule is C=C(CNC(C)(C)C)COCC1CC1. The number of hydrogen-bond donors (Lipinski definition) is 1. The van der Waals surface area contributed by atoms with E-state index in [1.807, 2.05) is 0 Å². The first kappa shape index (κ1) is 11.7. The molecular formula is C12H23NO. The average Bonchev–Trinajstić information content (AvgIpc) is 2.83. The summed E-state index contributed by atoms with van der Waals surface area (Å²) in [6.07, 6.45) is 2.71. The maximum absolute atomic E-state index is 5.55. The lowest BCUT2D eigenvalue weighted by Crippen LogP contribution is -2.37. The van der Waals surface area contributed by atoms with Gasteiger partial charge in [-0.3, -0.25) is 0 Å². The van der Waals surface area contributed by atoms with Gasteiger partial charge in [0.25, 0.3) is 0 Å². The van der Waals surface area contributed by atoms with Crippen molar-refractivity contribution in [3.05, 3.63) is 12.2 Å². The van der Waals surface area contributed by atoms with Crippen LogP contribution in [0.3, 0.4) is 0 Å². The van der Waals surface area contributed by atoms with Crippen molar-refractivity contribution >= 4 is 0 Å². The molecule has 0 aromatic heterocycles. The van der Waals surface area contributed by atoms with Crippen LogP contribution in [-0.2, 0) is 4.74 Å². The molecule has 1 fully saturated rings. The largest absolute Gasteiger partial charge is 0.377 e. The first-order chi connectivity index (χ1) is 6.47. The quantitative estimate of drug-likeness (QED) is 0.660. The van der Waals surface area contributed by atoms with E-state index in [4.69, 9.17) is 4.74 Å². The average molecular weight is 197 g/mol. The van der Waals surface area contributed by atoms with Gasteiger partial charge in [0, 0.05) is 18.7 Å². The van der Waals surface area contributed by atoms with Crippen LogP contribution in [0.1, 0.15) is 33.6 Å². The molecule has 1 rings (SSSR count). The molecule has 0 aliphatic heterocycles. The molecule has 0 spiro atoms. The molecule has 0 heterocycles. The van der Waals surface area contributed by atoms with Gasteiger partial charge in [-0.25, -0.2) is 0 Å². The maximum Gasteiger partial charge on any atom is 0.0686 e. The molecule has 1 N–H and O–H groups in total. The molecule has 1 aliphatic rings. The van der Waals surface area contributed by atoms with Crippen LogP contribution in [0.2, 0.25) is 0 Å². The van der Waals surface area contributed by atoms with Crippen molar-refractivity contribution in [2.75, 3.05) is 19.8 Å². The second-order valence-corrected chi connectivity index (χ2v) is 5.31. The molecule has 1 saturated carbocycles. The van der Waals surface area contributed by atoms with Crippen LogP contribution < -0.4 is 5.32 Å². The molecule has 2 heteroatoms. The van der Waals surface area contributed by atoms with Crippen LogP contribution >= 0.6 is 0 Å². The Hall–Kier alpha value is -0.340. The van der Waals surface area contributed by atoms with Gasteiger partial charge in [-0.1, -0.05) is 6.58 Å². The molecule has 0 radical (unpaired) electrons. The van der Waals surface area contributed by atoms with E-state index in [0.29, 0.717) is 6.61 Å². The first-order valence-electron chi connectivity index (χ1n) is 5.47. The number of nitrogens with one attached hydrogen (secondary N) is 1. The highest BCUT2D eigenvalue weighted by molar-refractivity contribution is 4.98. The summed E-state index contributed by atoms with van der Waals surface area (Å²) in [5, 5.41) is 3.40. The van der Waals surface area contributed by atoms with Crippen LogP contribution in [0, 0.1) is 5.92 Å². The van der Waals surface area contributed by atoms with Gasteiger partial charge in [0.2, 0.25) is 0 Å². The summed E-state index contributed by atoms with van der Waals surface area (Å²) >= 11 is 0. The van der Waals surface area contributed by atoms with Crippen molar-refractivity contribution in [2.45, 2.75) is 39.2 Å². The Morgan fingerprint density at radius 2 is 2.07 bits per heavy atom. The predicted molar refractivity (Wildman–Crippen MR) is 60.4 cm³/mol. The van der Waals surface area contributed by atoms with E-state index in [0.717, 1.165) is 24.6 Å². The molecule has 14 heavy (non-hydrogen) atoms. The Bertz CT molecular complexity index is 189. The molecule has 0 unspecified atom stereocenters. The summed E-state index contributed by atoms with van der Waals surface area (Å²) in [7, 11) is 0. The van der Waals surface area contributed by atoms with Crippen LogP contribution in [0.4, 0.5) is 0 Å². The Morgan fingerprint density at radius 1 is 1.43 bits per heavy atom. The molecule has 0 saturated heterocycles. The third-order valence-electron chi connectivity index (χ3n) is 2.23. The maximum atomic E-state index is 5.55. The number of hydrogen-bond acceptors (Lipinski definition) is 2. The van der Waals surface area contributed by atoms with E-state index in [1.54, 1.807) is 0 Å².